The molecule has 0 bridgehead atoms. The first-order valence-electron chi connectivity index (χ1n) is 11.3. The van der Waals surface area contributed by atoms with E-state index in [2.05, 4.69) is 10.3 Å². The predicted molar refractivity (Wildman–Crippen MR) is 128 cm³/mol. The third-order valence-electron chi connectivity index (χ3n) is 6.41. The number of ether oxygens (including phenoxy) is 2. The van der Waals surface area contributed by atoms with Gasteiger partial charge in [0.1, 0.15) is 11.8 Å². The Kier molecular flexibility index (Phi) is 7.23. The topological polar surface area (TPSA) is 97.8 Å². The molecule has 0 spiro atoms. The average Bonchev–Trinajstić information content (AvgIpc) is 2.89. The maximum Gasteiger partial charge on any atom is 0.326 e. The second-order valence-electron chi connectivity index (χ2n) is 8.40. The summed E-state index contributed by atoms with van der Waals surface area (Å²) in [5.74, 6) is -0.611. The van der Waals surface area contributed by atoms with Gasteiger partial charge in [0.15, 0.2) is 0 Å². The van der Waals surface area contributed by atoms with Gasteiger partial charge in [-0.15, -0.1) is 0 Å². The Morgan fingerprint density at radius 1 is 1.09 bits per heavy atom. The molecule has 2 aromatic carbocycles. The number of nitrogens with one attached hydrogen (secondary N) is 1. The molecule has 2 N–H and O–H groups in total. The fourth-order valence-electron chi connectivity index (χ4n) is 4.45. The van der Waals surface area contributed by atoms with Crippen LogP contribution >= 0.6 is 0 Å². The number of hydrogen-bond donors (Lipinski definition) is 2. The summed E-state index contributed by atoms with van der Waals surface area (Å²) in [6, 6.07) is 18.0. The summed E-state index contributed by atoms with van der Waals surface area (Å²) in [6.45, 7) is 0.870. The molecule has 1 atom stereocenters. The molecule has 176 valence electrons. The highest BCUT2D eigenvalue weighted by Gasteiger charge is 2.43. The van der Waals surface area contributed by atoms with Gasteiger partial charge in [-0.05, 0) is 41.7 Å². The smallest absolute Gasteiger partial charge is 0.326 e. The van der Waals surface area contributed by atoms with E-state index < -0.39 is 17.4 Å². The summed E-state index contributed by atoms with van der Waals surface area (Å²) in [6.07, 6.45) is 4.46. The quantitative estimate of drug-likeness (QED) is 0.533. The van der Waals surface area contributed by atoms with Gasteiger partial charge in [0.25, 0.3) is 0 Å². The van der Waals surface area contributed by atoms with E-state index in [0.29, 0.717) is 26.1 Å². The minimum Gasteiger partial charge on any atom is -0.496 e. The molecular formula is C27H28N2O5. The molecule has 1 amide bonds. The third kappa shape index (κ3) is 4.94. The number of nitrogens with zero attached hydrogens (tertiary/aromatic N) is 1. The minimum absolute atomic E-state index is 0.174. The van der Waals surface area contributed by atoms with Gasteiger partial charge in [0.05, 0.1) is 12.5 Å². The molecule has 7 heteroatoms. The number of benzene rings is 2. The van der Waals surface area contributed by atoms with E-state index in [1.54, 1.807) is 25.6 Å². The summed E-state index contributed by atoms with van der Waals surface area (Å²) in [4.78, 5) is 29.7. The molecule has 4 rings (SSSR count). The van der Waals surface area contributed by atoms with Crippen LogP contribution in [0.1, 0.15) is 24.0 Å². The molecule has 1 aliphatic rings. The van der Waals surface area contributed by atoms with E-state index >= 15 is 0 Å². The number of aliphatic carboxylic acids is 1. The van der Waals surface area contributed by atoms with Crippen molar-refractivity contribution < 1.29 is 24.2 Å². The Balaban J connectivity index is 1.52. The zero-order valence-electron chi connectivity index (χ0n) is 19.1. The summed E-state index contributed by atoms with van der Waals surface area (Å²) < 4.78 is 10.9. The Bertz CT molecular complexity index is 1130. The molecule has 2 heterocycles. The van der Waals surface area contributed by atoms with Crippen molar-refractivity contribution >= 4 is 11.9 Å². The minimum atomic E-state index is -1.07. The summed E-state index contributed by atoms with van der Waals surface area (Å²) in [5, 5.41) is 12.7. The Morgan fingerprint density at radius 3 is 2.47 bits per heavy atom. The van der Waals surface area contributed by atoms with Crippen LogP contribution in [0.25, 0.3) is 11.1 Å². The standard InChI is InChI=1S/C27H28N2O5/c1-33-24-7-3-2-6-22(24)20-10-8-19(9-11-20)17-23(25(30)31)29-26(32)27(12-15-34-16-13-27)21-5-4-14-28-18-21/h2-11,14,18,23H,12-13,15-17H2,1H3,(H,29,32)(H,30,31)/t23-/m0/s1. The fourth-order valence-corrected chi connectivity index (χ4v) is 4.45. The summed E-state index contributed by atoms with van der Waals surface area (Å²) in [7, 11) is 1.63. The number of para-hydroxylation sites is 1. The number of hydrogen-bond acceptors (Lipinski definition) is 5. The average molecular weight is 461 g/mol. The molecule has 0 aliphatic carbocycles. The van der Waals surface area contributed by atoms with Crippen molar-refractivity contribution in [3.05, 3.63) is 84.2 Å². The van der Waals surface area contributed by atoms with E-state index in [1.807, 2.05) is 54.6 Å². The SMILES string of the molecule is COc1ccccc1-c1ccc(C[C@H](NC(=O)C2(c3cccnc3)CCOCC2)C(=O)O)cc1. The molecule has 1 saturated heterocycles. The highest BCUT2D eigenvalue weighted by atomic mass is 16.5. The van der Waals surface area contributed by atoms with Crippen LogP contribution in [0.5, 0.6) is 5.75 Å². The number of methoxy groups -OCH3 is 1. The van der Waals surface area contributed by atoms with Crippen molar-refractivity contribution in [3.63, 3.8) is 0 Å². The van der Waals surface area contributed by atoms with E-state index in [-0.39, 0.29) is 12.3 Å². The highest BCUT2D eigenvalue weighted by molar-refractivity contribution is 5.91. The number of carbonyl (C=O) groups is 2. The predicted octanol–water partition coefficient (Wildman–Crippen LogP) is 3.62. The first-order valence-corrected chi connectivity index (χ1v) is 11.3. The molecule has 34 heavy (non-hydrogen) atoms. The monoisotopic (exact) mass is 460 g/mol. The molecule has 3 aromatic rings. The fraction of sp³-hybridized carbons (Fsp3) is 0.296. The first-order chi connectivity index (χ1) is 16.5. The number of aromatic nitrogens is 1. The van der Waals surface area contributed by atoms with E-state index in [0.717, 1.165) is 28.0 Å². The van der Waals surface area contributed by atoms with Crippen molar-refractivity contribution in [1.29, 1.82) is 0 Å². The lowest BCUT2D eigenvalue weighted by molar-refractivity contribution is -0.143. The van der Waals surface area contributed by atoms with Gasteiger partial charge in [-0.3, -0.25) is 9.78 Å². The molecule has 0 unspecified atom stereocenters. The van der Waals surface area contributed by atoms with E-state index in [4.69, 9.17) is 9.47 Å². The normalized spacial score (nSPS) is 15.8. The number of rotatable bonds is 8. The Labute approximate surface area is 198 Å². The maximum absolute atomic E-state index is 13.5. The van der Waals surface area contributed by atoms with Crippen molar-refractivity contribution in [2.75, 3.05) is 20.3 Å². The van der Waals surface area contributed by atoms with Crippen LogP contribution in [-0.2, 0) is 26.2 Å². The summed E-state index contributed by atoms with van der Waals surface area (Å²) >= 11 is 0. The van der Waals surface area contributed by atoms with Crippen molar-refractivity contribution in [2.24, 2.45) is 0 Å². The lowest BCUT2D eigenvalue weighted by Gasteiger charge is -2.36. The maximum atomic E-state index is 13.5. The largest absolute Gasteiger partial charge is 0.496 e. The van der Waals surface area contributed by atoms with Crippen LogP contribution in [0.15, 0.2) is 73.1 Å². The van der Waals surface area contributed by atoms with E-state index in [9.17, 15) is 14.7 Å². The van der Waals surface area contributed by atoms with Gasteiger partial charge < -0.3 is 19.9 Å². The van der Waals surface area contributed by atoms with Gasteiger partial charge >= 0.3 is 5.97 Å². The van der Waals surface area contributed by atoms with Crippen LogP contribution in [0.2, 0.25) is 0 Å². The third-order valence-corrected chi connectivity index (χ3v) is 6.41. The molecule has 0 radical (unpaired) electrons. The highest BCUT2D eigenvalue weighted by Crippen LogP contribution is 2.35. The van der Waals surface area contributed by atoms with Crippen LogP contribution < -0.4 is 10.1 Å². The van der Waals surface area contributed by atoms with Crippen molar-refractivity contribution in [3.8, 4) is 16.9 Å². The number of amides is 1. The first kappa shape index (κ1) is 23.4. The zero-order valence-corrected chi connectivity index (χ0v) is 19.1. The molecule has 7 nitrogen and oxygen atoms in total. The van der Waals surface area contributed by atoms with E-state index in [1.165, 1.54) is 0 Å². The zero-order chi connectivity index (χ0) is 24.0. The van der Waals surface area contributed by atoms with Crippen molar-refractivity contribution in [2.45, 2.75) is 30.7 Å². The number of carbonyl (C=O) groups excluding carboxylic acids is 1. The Hall–Kier alpha value is -3.71. The van der Waals surface area contributed by atoms with Gasteiger partial charge in [-0.2, -0.15) is 0 Å². The molecule has 1 aliphatic heterocycles. The summed E-state index contributed by atoms with van der Waals surface area (Å²) in [5.41, 5.74) is 2.66. The van der Waals surface area contributed by atoms with Crippen molar-refractivity contribution in [1.82, 2.24) is 10.3 Å². The molecule has 1 aromatic heterocycles. The van der Waals surface area contributed by atoms with Gasteiger partial charge in [-0.1, -0.05) is 48.5 Å². The number of carboxylic acids is 1. The second-order valence-corrected chi connectivity index (χ2v) is 8.40. The number of pyridine rings is 1. The van der Waals surface area contributed by atoms with Gasteiger partial charge in [0.2, 0.25) is 5.91 Å². The number of carboxylic acid groups (broad SMARTS) is 1. The van der Waals surface area contributed by atoms with Gasteiger partial charge in [0, 0.05) is 37.6 Å². The van der Waals surface area contributed by atoms with Crippen LogP contribution in [0.3, 0.4) is 0 Å². The molecular weight excluding hydrogens is 432 g/mol. The van der Waals surface area contributed by atoms with Gasteiger partial charge in [-0.25, -0.2) is 4.79 Å². The molecule has 1 fully saturated rings. The van der Waals surface area contributed by atoms with Crippen LogP contribution in [0.4, 0.5) is 0 Å². The Morgan fingerprint density at radius 2 is 1.82 bits per heavy atom. The second kappa shape index (κ2) is 10.5. The van der Waals surface area contributed by atoms with Crippen LogP contribution in [-0.4, -0.2) is 48.3 Å². The lowest BCUT2D eigenvalue weighted by atomic mass is 9.73. The lowest BCUT2D eigenvalue weighted by Crippen LogP contribution is -2.53. The van der Waals surface area contributed by atoms with Crippen LogP contribution in [0, 0.1) is 0 Å². The molecule has 0 saturated carbocycles.